The maximum atomic E-state index is 9.34. The Labute approximate surface area is 132 Å². The number of hydrogen-bond acceptors (Lipinski definition) is 3. The standard InChI is InChI=1S/C19H23NO2/c1-20-12-11-19(15-5-3-2-4-6-15)16(13-20)14-22-18-9-7-17(21)8-10-18/h2-10,16,19,21H,11-14H2,1H3. The maximum absolute atomic E-state index is 9.34. The van der Waals surface area contributed by atoms with Crippen molar-refractivity contribution in [3.05, 3.63) is 60.2 Å². The van der Waals surface area contributed by atoms with Crippen molar-refractivity contribution in [2.75, 3.05) is 26.7 Å². The van der Waals surface area contributed by atoms with Gasteiger partial charge in [0, 0.05) is 12.5 Å². The number of phenols is 1. The normalized spacial score (nSPS) is 22.4. The van der Waals surface area contributed by atoms with Gasteiger partial charge in [-0.2, -0.15) is 0 Å². The van der Waals surface area contributed by atoms with E-state index in [1.54, 1.807) is 12.1 Å². The lowest BCUT2D eigenvalue weighted by molar-refractivity contribution is 0.129. The molecule has 22 heavy (non-hydrogen) atoms. The molecule has 2 aromatic carbocycles. The van der Waals surface area contributed by atoms with Crippen molar-refractivity contribution in [1.82, 2.24) is 4.90 Å². The molecule has 0 aromatic heterocycles. The van der Waals surface area contributed by atoms with Crippen LogP contribution in [-0.4, -0.2) is 36.8 Å². The molecular weight excluding hydrogens is 274 g/mol. The number of aromatic hydroxyl groups is 1. The lowest BCUT2D eigenvalue weighted by Gasteiger charge is -2.37. The Morgan fingerprint density at radius 2 is 1.82 bits per heavy atom. The molecule has 2 atom stereocenters. The Bertz CT molecular complexity index is 582. The summed E-state index contributed by atoms with van der Waals surface area (Å²) in [5.41, 5.74) is 1.41. The zero-order chi connectivity index (χ0) is 15.4. The molecule has 3 rings (SSSR count). The molecule has 1 heterocycles. The molecule has 2 unspecified atom stereocenters. The number of phenolic OH excluding ortho intramolecular Hbond substituents is 1. The third-order valence-corrected chi connectivity index (χ3v) is 4.47. The first-order chi connectivity index (χ1) is 10.7. The number of piperidine rings is 1. The van der Waals surface area contributed by atoms with Gasteiger partial charge in [-0.1, -0.05) is 30.3 Å². The molecule has 0 spiro atoms. The van der Waals surface area contributed by atoms with Gasteiger partial charge in [-0.25, -0.2) is 0 Å². The molecule has 3 nitrogen and oxygen atoms in total. The smallest absolute Gasteiger partial charge is 0.119 e. The van der Waals surface area contributed by atoms with Crippen LogP contribution in [0.5, 0.6) is 11.5 Å². The zero-order valence-corrected chi connectivity index (χ0v) is 13.0. The van der Waals surface area contributed by atoms with Crippen LogP contribution in [0, 0.1) is 5.92 Å². The summed E-state index contributed by atoms with van der Waals surface area (Å²) in [6.45, 7) is 2.89. The Hall–Kier alpha value is -2.00. The van der Waals surface area contributed by atoms with Gasteiger partial charge in [0.2, 0.25) is 0 Å². The van der Waals surface area contributed by atoms with Gasteiger partial charge in [-0.15, -0.1) is 0 Å². The van der Waals surface area contributed by atoms with Crippen LogP contribution in [0.15, 0.2) is 54.6 Å². The average Bonchev–Trinajstić information content (AvgIpc) is 2.55. The molecule has 1 aliphatic heterocycles. The van der Waals surface area contributed by atoms with Gasteiger partial charge in [0.05, 0.1) is 6.61 Å². The molecule has 1 N–H and O–H groups in total. The average molecular weight is 297 g/mol. The van der Waals surface area contributed by atoms with E-state index in [-0.39, 0.29) is 5.75 Å². The Kier molecular flexibility index (Phi) is 4.64. The van der Waals surface area contributed by atoms with Crippen molar-refractivity contribution in [1.29, 1.82) is 0 Å². The molecule has 1 aliphatic rings. The van der Waals surface area contributed by atoms with E-state index < -0.39 is 0 Å². The molecule has 116 valence electrons. The van der Waals surface area contributed by atoms with Crippen molar-refractivity contribution in [3.8, 4) is 11.5 Å². The second-order valence-electron chi connectivity index (χ2n) is 6.13. The summed E-state index contributed by atoms with van der Waals surface area (Å²) in [5.74, 6) is 2.12. The number of ether oxygens (including phenoxy) is 1. The minimum Gasteiger partial charge on any atom is -0.508 e. The monoisotopic (exact) mass is 297 g/mol. The molecular formula is C19H23NO2. The van der Waals surface area contributed by atoms with Crippen LogP contribution in [0.1, 0.15) is 17.9 Å². The van der Waals surface area contributed by atoms with Gasteiger partial charge in [0.25, 0.3) is 0 Å². The second-order valence-corrected chi connectivity index (χ2v) is 6.13. The van der Waals surface area contributed by atoms with Crippen LogP contribution in [-0.2, 0) is 0 Å². The largest absolute Gasteiger partial charge is 0.508 e. The Balaban J connectivity index is 1.69. The fourth-order valence-corrected chi connectivity index (χ4v) is 3.27. The summed E-state index contributed by atoms with van der Waals surface area (Å²) in [5, 5.41) is 9.34. The fourth-order valence-electron chi connectivity index (χ4n) is 3.27. The van der Waals surface area contributed by atoms with Crippen LogP contribution in [0.4, 0.5) is 0 Å². The van der Waals surface area contributed by atoms with Crippen LogP contribution in [0.3, 0.4) is 0 Å². The predicted molar refractivity (Wildman–Crippen MR) is 88.4 cm³/mol. The van der Waals surface area contributed by atoms with E-state index in [1.807, 2.05) is 12.1 Å². The van der Waals surface area contributed by atoms with Crippen molar-refractivity contribution < 1.29 is 9.84 Å². The number of hydrogen-bond donors (Lipinski definition) is 1. The van der Waals surface area contributed by atoms with Gasteiger partial charge in [-0.3, -0.25) is 0 Å². The first kappa shape index (κ1) is 14.9. The zero-order valence-electron chi connectivity index (χ0n) is 13.0. The molecule has 1 fully saturated rings. The summed E-state index contributed by atoms with van der Waals surface area (Å²) < 4.78 is 5.96. The van der Waals surface area contributed by atoms with Crippen LogP contribution >= 0.6 is 0 Å². The first-order valence-corrected chi connectivity index (χ1v) is 7.87. The van der Waals surface area contributed by atoms with E-state index in [0.717, 1.165) is 18.8 Å². The molecule has 0 saturated carbocycles. The van der Waals surface area contributed by atoms with Gasteiger partial charge >= 0.3 is 0 Å². The SMILES string of the molecule is CN1CCC(c2ccccc2)C(COc2ccc(O)cc2)C1. The summed E-state index contributed by atoms with van der Waals surface area (Å²) in [4.78, 5) is 2.38. The Morgan fingerprint density at radius 3 is 2.55 bits per heavy atom. The summed E-state index contributed by atoms with van der Waals surface area (Å²) in [6, 6.07) is 17.7. The number of likely N-dealkylation sites (tertiary alicyclic amines) is 1. The molecule has 1 saturated heterocycles. The minimum absolute atomic E-state index is 0.270. The van der Waals surface area contributed by atoms with E-state index in [0.29, 0.717) is 18.4 Å². The fraction of sp³-hybridized carbons (Fsp3) is 0.368. The van der Waals surface area contributed by atoms with Crippen LogP contribution in [0.25, 0.3) is 0 Å². The first-order valence-electron chi connectivity index (χ1n) is 7.87. The van der Waals surface area contributed by atoms with Crippen LogP contribution < -0.4 is 4.74 Å². The highest BCUT2D eigenvalue weighted by Gasteiger charge is 2.29. The number of nitrogens with zero attached hydrogens (tertiary/aromatic N) is 1. The lowest BCUT2D eigenvalue weighted by Crippen LogP contribution is -2.39. The van der Waals surface area contributed by atoms with Crippen molar-refractivity contribution in [2.45, 2.75) is 12.3 Å². The quantitative estimate of drug-likeness (QED) is 0.937. The molecule has 0 aliphatic carbocycles. The second kappa shape index (κ2) is 6.84. The molecule has 3 heteroatoms. The minimum atomic E-state index is 0.270. The van der Waals surface area contributed by atoms with E-state index in [2.05, 4.69) is 42.3 Å². The molecule has 0 amide bonds. The van der Waals surface area contributed by atoms with Gasteiger partial charge in [-0.05, 0) is 55.8 Å². The van der Waals surface area contributed by atoms with E-state index in [1.165, 1.54) is 12.0 Å². The highest BCUT2D eigenvalue weighted by molar-refractivity contribution is 5.30. The van der Waals surface area contributed by atoms with Gasteiger partial charge in [0.1, 0.15) is 11.5 Å². The van der Waals surface area contributed by atoms with Gasteiger partial charge < -0.3 is 14.7 Å². The third kappa shape index (κ3) is 3.60. The van der Waals surface area contributed by atoms with Crippen LogP contribution in [0.2, 0.25) is 0 Å². The number of rotatable bonds is 4. The van der Waals surface area contributed by atoms with E-state index >= 15 is 0 Å². The molecule has 2 aromatic rings. The van der Waals surface area contributed by atoms with Crippen molar-refractivity contribution >= 4 is 0 Å². The molecule has 0 radical (unpaired) electrons. The predicted octanol–water partition coefficient (Wildman–Crippen LogP) is 3.51. The topological polar surface area (TPSA) is 32.7 Å². The summed E-state index contributed by atoms with van der Waals surface area (Å²) >= 11 is 0. The maximum Gasteiger partial charge on any atom is 0.119 e. The number of benzene rings is 2. The Morgan fingerprint density at radius 1 is 1.09 bits per heavy atom. The molecule has 0 bridgehead atoms. The van der Waals surface area contributed by atoms with E-state index in [4.69, 9.17) is 4.74 Å². The van der Waals surface area contributed by atoms with Gasteiger partial charge in [0.15, 0.2) is 0 Å². The van der Waals surface area contributed by atoms with Crippen molar-refractivity contribution in [2.24, 2.45) is 5.92 Å². The lowest BCUT2D eigenvalue weighted by atomic mass is 9.81. The summed E-state index contributed by atoms with van der Waals surface area (Å²) in [7, 11) is 2.18. The van der Waals surface area contributed by atoms with E-state index in [9.17, 15) is 5.11 Å². The third-order valence-electron chi connectivity index (χ3n) is 4.47. The highest BCUT2D eigenvalue weighted by atomic mass is 16.5. The highest BCUT2D eigenvalue weighted by Crippen LogP contribution is 2.33. The van der Waals surface area contributed by atoms with Crippen molar-refractivity contribution in [3.63, 3.8) is 0 Å². The summed E-state index contributed by atoms with van der Waals surface area (Å²) in [6.07, 6.45) is 1.17.